The normalized spacial score (nSPS) is 2.00. The fraction of sp³-hybridized carbons (Fsp3) is 0. The molecule has 0 aromatic heterocycles. The van der Waals surface area contributed by atoms with Crippen molar-refractivity contribution < 1.29 is 68.9 Å². The van der Waals surface area contributed by atoms with Crippen LogP contribution in [0.5, 0.6) is 0 Å². The van der Waals surface area contributed by atoms with Gasteiger partial charge in [-0.05, 0) is 0 Å². The number of hydrogen-bond acceptors (Lipinski definition) is 0. The third-order valence-corrected chi connectivity index (χ3v) is 0. The van der Waals surface area contributed by atoms with Crippen LogP contribution in [-0.2, 0) is 0 Å². The number of hydrogen-bond donors (Lipinski definition) is 0. The van der Waals surface area contributed by atoms with Crippen molar-refractivity contribution in [3.63, 3.8) is 0 Å². The second-order valence-electron chi connectivity index (χ2n) is 0.0913. The molecule has 0 rings (SSSR count). The minimum atomic E-state index is 0. The average Bonchev–Trinajstić information content (AvgIpc) is 0.918. The first-order valence-electron chi connectivity index (χ1n) is 0.428. The molecule has 1 nitrogen and oxygen atoms in total. The summed E-state index contributed by atoms with van der Waals surface area (Å²) in [5.74, 6) is 0. The third kappa shape index (κ3) is 8.91. The molecule has 0 fully saturated rings. The molecule has 0 heterocycles. The van der Waals surface area contributed by atoms with Crippen molar-refractivity contribution in [2.45, 2.75) is 0 Å². The van der Waals surface area contributed by atoms with Crippen molar-refractivity contribution in [2.75, 3.05) is 0 Å². The van der Waals surface area contributed by atoms with Gasteiger partial charge in [0, 0.05) is 0 Å². The Balaban J connectivity index is 0. The van der Waals surface area contributed by atoms with Crippen molar-refractivity contribution in [3.05, 3.63) is 5.41 Å². The molecule has 0 aromatic carbocycles. The van der Waals surface area contributed by atoms with Crippen LogP contribution in [-0.4, -0.2) is 20.3 Å². The van der Waals surface area contributed by atoms with Gasteiger partial charge < -0.3 is 0 Å². The summed E-state index contributed by atoms with van der Waals surface area (Å²) < 4.78 is 1.62. The van der Waals surface area contributed by atoms with E-state index in [9.17, 15) is 0 Å². The van der Waals surface area contributed by atoms with Crippen LogP contribution in [0.3, 0.4) is 0 Å². The van der Waals surface area contributed by atoms with Gasteiger partial charge in [0.15, 0.2) is 0 Å². The molecule has 0 bridgehead atoms. The van der Waals surface area contributed by atoms with E-state index in [4.69, 9.17) is 5.41 Å². The summed E-state index contributed by atoms with van der Waals surface area (Å²) in [4.78, 5) is 0. The Morgan fingerprint density at radius 2 is 1.75 bits per heavy atom. The van der Waals surface area contributed by atoms with Crippen molar-refractivity contribution in [1.82, 2.24) is 0 Å². The summed E-state index contributed by atoms with van der Waals surface area (Å²) >= 11 is 2.11. The first-order valence-corrected chi connectivity index (χ1v) is 1.28. The van der Waals surface area contributed by atoms with Crippen LogP contribution in [0.1, 0.15) is 0 Å². The molecule has 0 saturated carbocycles. The quantitative estimate of drug-likeness (QED) is 0.310. The zero-order chi connectivity index (χ0) is 2.71. The Morgan fingerprint density at radius 1 is 1.75 bits per heavy atom. The molecule has 3 heteroatoms. The summed E-state index contributed by atoms with van der Waals surface area (Å²) in [7, 11) is 0. The van der Waals surface area contributed by atoms with Crippen LogP contribution < -0.4 is 68.9 Å². The van der Waals surface area contributed by atoms with Gasteiger partial charge in [-0.1, -0.05) is 0 Å². The predicted molar refractivity (Wildman–Crippen MR) is 14.1 cm³/mol. The van der Waals surface area contributed by atoms with Gasteiger partial charge in [0.1, 0.15) is 0 Å². The van der Waals surface area contributed by atoms with Crippen molar-refractivity contribution >= 4 is 20.3 Å². The summed E-state index contributed by atoms with van der Waals surface area (Å²) in [6.07, 6.45) is 0. The van der Waals surface area contributed by atoms with Gasteiger partial charge in [-0.2, -0.15) is 0 Å². The second kappa shape index (κ2) is 8.94. The number of nitrogens with zero attached hydrogens (tertiary/aromatic N) is 1. The van der Waals surface area contributed by atoms with E-state index in [1.807, 2.05) is 0 Å². The number of rotatable bonds is 0. The SMILES string of the molecule is [Cs+].[N-]=C=[Se]. The predicted octanol–water partition coefficient (Wildman–Crippen LogP) is -3.37. The molecule has 0 saturated heterocycles. The second-order valence-corrected chi connectivity index (χ2v) is 0.474. The molecule has 16 valence electrons. The first kappa shape index (κ1) is 9.47. The van der Waals surface area contributed by atoms with E-state index >= 15 is 0 Å². The molecule has 0 aliphatic rings. The van der Waals surface area contributed by atoms with Crippen LogP contribution >= 0.6 is 0 Å². The van der Waals surface area contributed by atoms with Gasteiger partial charge in [0.2, 0.25) is 0 Å². The van der Waals surface area contributed by atoms with Gasteiger partial charge in [0.05, 0.1) is 0 Å². The topological polar surface area (TPSA) is 22.3 Å². The third-order valence-electron chi connectivity index (χ3n) is 0. The molecule has 0 aliphatic heterocycles. The molecular weight excluding hydrogens is 238 g/mol. The molecule has 0 aromatic rings. The molecule has 0 radical (unpaired) electrons. The van der Waals surface area contributed by atoms with Gasteiger partial charge in [-0.3, -0.25) is 0 Å². The van der Waals surface area contributed by atoms with E-state index < -0.39 is 0 Å². The van der Waals surface area contributed by atoms with Crippen molar-refractivity contribution in [3.8, 4) is 0 Å². The Bertz CT molecular complexity index is 29.0. The molecular formula is CCsNSe. The van der Waals surface area contributed by atoms with E-state index in [1.54, 1.807) is 4.71 Å². The Kier molecular flexibility index (Phi) is 21.2. The van der Waals surface area contributed by atoms with Gasteiger partial charge in [-0.25, -0.2) is 0 Å². The van der Waals surface area contributed by atoms with Gasteiger partial charge in [-0.15, -0.1) is 0 Å². The molecule has 0 aliphatic carbocycles. The molecule has 0 unspecified atom stereocenters. The van der Waals surface area contributed by atoms with E-state index in [-0.39, 0.29) is 68.9 Å². The minimum absolute atomic E-state index is 0. The maximum absolute atomic E-state index is 7.26. The Hall–Kier alpha value is 2.15. The van der Waals surface area contributed by atoms with Crippen molar-refractivity contribution in [1.29, 1.82) is 0 Å². The summed E-state index contributed by atoms with van der Waals surface area (Å²) in [6, 6.07) is 0. The maximum atomic E-state index is 7.26. The van der Waals surface area contributed by atoms with Crippen LogP contribution in [0.2, 0.25) is 0 Å². The van der Waals surface area contributed by atoms with E-state index in [2.05, 4.69) is 15.6 Å². The van der Waals surface area contributed by atoms with E-state index in [0.29, 0.717) is 0 Å². The molecule has 0 spiro atoms. The van der Waals surface area contributed by atoms with Gasteiger partial charge in [0.25, 0.3) is 0 Å². The standard InChI is InChI=1S/CNSe.Cs/c2-1-3;/q-1;+1. The monoisotopic (exact) mass is 239 g/mol. The van der Waals surface area contributed by atoms with E-state index in [0.717, 1.165) is 0 Å². The molecule has 0 N–H and O–H groups in total. The Morgan fingerprint density at radius 3 is 1.75 bits per heavy atom. The summed E-state index contributed by atoms with van der Waals surface area (Å²) in [5.41, 5.74) is 0. The fourth-order valence-corrected chi connectivity index (χ4v) is 0. The van der Waals surface area contributed by atoms with Crippen LogP contribution in [0.25, 0.3) is 5.41 Å². The van der Waals surface area contributed by atoms with Crippen molar-refractivity contribution in [2.24, 2.45) is 0 Å². The summed E-state index contributed by atoms with van der Waals surface area (Å²) in [6.45, 7) is 0. The van der Waals surface area contributed by atoms with Crippen LogP contribution in [0, 0.1) is 0 Å². The molecule has 0 atom stereocenters. The van der Waals surface area contributed by atoms with Crippen LogP contribution in [0.15, 0.2) is 0 Å². The fourth-order valence-electron chi connectivity index (χ4n) is 0. The Labute approximate surface area is 91.8 Å². The van der Waals surface area contributed by atoms with Crippen LogP contribution in [0.4, 0.5) is 0 Å². The average molecular weight is 238 g/mol. The van der Waals surface area contributed by atoms with E-state index in [1.165, 1.54) is 0 Å². The zero-order valence-corrected chi connectivity index (χ0v) is 10.3. The van der Waals surface area contributed by atoms with Gasteiger partial charge >= 0.3 is 94.6 Å². The summed E-state index contributed by atoms with van der Waals surface area (Å²) in [5, 5.41) is 7.26. The first-order chi connectivity index (χ1) is 1.41. The zero-order valence-electron chi connectivity index (χ0n) is 2.36. The molecule has 0 amide bonds. The molecule has 4 heavy (non-hydrogen) atoms.